The van der Waals surface area contributed by atoms with E-state index >= 15 is 0 Å². The number of ether oxygens (including phenoxy) is 1. The predicted molar refractivity (Wildman–Crippen MR) is 52.8 cm³/mol. The number of hydrogen-bond donors (Lipinski definition) is 0. The molecule has 0 bridgehead atoms. The number of carbonyl (C=O) groups excluding carboxylic acids is 1. The van der Waals surface area contributed by atoms with Crippen LogP contribution in [0.5, 0.6) is 0 Å². The van der Waals surface area contributed by atoms with Gasteiger partial charge in [-0.2, -0.15) is 0 Å². The van der Waals surface area contributed by atoms with Gasteiger partial charge in [0.15, 0.2) is 4.33 Å². The van der Waals surface area contributed by atoms with Crippen LogP contribution in [0.25, 0.3) is 0 Å². The zero-order valence-electron chi connectivity index (χ0n) is 7.38. The summed E-state index contributed by atoms with van der Waals surface area (Å²) in [5, 5.41) is 0. The number of allylic oxidation sites excluding steroid dienone is 3. The first-order chi connectivity index (χ1) is 5.97. The molecule has 1 aliphatic carbocycles. The van der Waals surface area contributed by atoms with Gasteiger partial charge in [-0.15, -0.1) is 0 Å². The fourth-order valence-corrected chi connectivity index (χ4v) is 1.85. The average molecular weight is 221 g/mol. The second kappa shape index (κ2) is 3.72. The predicted octanol–water partition coefficient (Wildman–Crippen LogP) is 2.47. The quantitative estimate of drug-likeness (QED) is 0.669. The Morgan fingerprint density at radius 1 is 1.62 bits per heavy atom. The van der Waals surface area contributed by atoms with Crippen molar-refractivity contribution in [3.05, 3.63) is 24.0 Å². The lowest BCUT2D eigenvalue weighted by Crippen LogP contribution is -2.30. The Morgan fingerprint density at radius 3 is 2.62 bits per heavy atom. The number of carbonyl (C=O) groups is 1. The number of hydrogen-bond acceptors (Lipinski definition) is 2. The third-order valence-electron chi connectivity index (χ3n) is 1.88. The minimum Gasteiger partial charge on any atom is -0.497 e. The summed E-state index contributed by atoms with van der Waals surface area (Å²) in [4.78, 5) is 11.1. The van der Waals surface area contributed by atoms with Gasteiger partial charge in [-0.25, -0.2) is 0 Å². The van der Waals surface area contributed by atoms with Crippen LogP contribution in [0.2, 0.25) is 0 Å². The van der Waals surface area contributed by atoms with E-state index in [1.54, 1.807) is 12.2 Å². The summed E-state index contributed by atoms with van der Waals surface area (Å²) >= 11 is 11.9. The van der Waals surface area contributed by atoms with E-state index in [9.17, 15) is 4.79 Å². The highest BCUT2D eigenvalue weighted by atomic mass is 35.5. The van der Waals surface area contributed by atoms with Crippen LogP contribution in [0.4, 0.5) is 0 Å². The monoisotopic (exact) mass is 220 g/mol. The molecule has 2 nitrogen and oxygen atoms in total. The maximum atomic E-state index is 11.1. The first-order valence-corrected chi connectivity index (χ1v) is 4.56. The molecule has 4 heteroatoms. The van der Waals surface area contributed by atoms with Gasteiger partial charge in [0.1, 0.15) is 11.5 Å². The summed E-state index contributed by atoms with van der Waals surface area (Å²) in [6, 6.07) is 0. The van der Waals surface area contributed by atoms with Crippen molar-refractivity contribution in [3.63, 3.8) is 0 Å². The highest BCUT2D eigenvalue weighted by Crippen LogP contribution is 2.37. The van der Waals surface area contributed by atoms with Crippen LogP contribution >= 0.6 is 23.2 Å². The third kappa shape index (κ3) is 2.26. The Bertz CT molecular complexity index is 279. The molecule has 0 saturated heterocycles. The molecule has 0 spiro atoms. The molecular weight excluding hydrogens is 211 g/mol. The molecule has 0 radical (unpaired) electrons. The number of rotatable bonds is 2. The van der Waals surface area contributed by atoms with E-state index < -0.39 is 10.3 Å². The molecule has 0 aromatic heterocycles. The van der Waals surface area contributed by atoms with Crippen LogP contribution < -0.4 is 0 Å². The van der Waals surface area contributed by atoms with Crippen molar-refractivity contribution in [2.24, 2.45) is 5.92 Å². The van der Waals surface area contributed by atoms with Crippen molar-refractivity contribution < 1.29 is 9.53 Å². The van der Waals surface area contributed by atoms with Crippen molar-refractivity contribution in [2.75, 3.05) is 7.11 Å². The average Bonchev–Trinajstić information content (AvgIpc) is 2.01. The minimum absolute atomic E-state index is 0.0624. The van der Waals surface area contributed by atoms with Crippen molar-refractivity contribution in [3.8, 4) is 0 Å². The van der Waals surface area contributed by atoms with Crippen LogP contribution in [0.3, 0.4) is 0 Å². The molecule has 1 atom stereocenters. The summed E-state index contributed by atoms with van der Waals surface area (Å²) in [7, 11) is 1.52. The molecule has 1 aliphatic rings. The smallest absolute Gasteiger partial charge is 0.153 e. The standard InChI is InChI=1S/C9H10Cl2O2/c1-6(12)8-4-3-7(13-2)5-9(8,10)11/h3-5,8H,1-2H3. The fraction of sp³-hybridized carbons (Fsp3) is 0.444. The Balaban J connectivity index is 2.94. The first-order valence-electron chi connectivity index (χ1n) is 3.80. The Morgan fingerprint density at radius 2 is 2.23 bits per heavy atom. The van der Waals surface area contributed by atoms with Gasteiger partial charge in [0.2, 0.25) is 0 Å². The van der Waals surface area contributed by atoms with E-state index in [1.807, 2.05) is 0 Å². The van der Waals surface area contributed by atoms with Gasteiger partial charge >= 0.3 is 0 Å². The normalized spacial score (nSPS) is 25.2. The summed E-state index contributed by atoms with van der Waals surface area (Å²) in [6.07, 6.45) is 4.87. The van der Waals surface area contributed by atoms with Gasteiger partial charge in [-0.1, -0.05) is 29.3 Å². The summed E-state index contributed by atoms with van der Waals surface area (Å²) < 4.78 is 3.76. The third-order valence-corrected chi connectivity index (χ3v) is 2.56. The second-order valence-corrected chi connectivity index (χ2v) is 4.32. The summed E-state index contributed by atoms with van der Waals surface area (Å²) in [6.45, 7) is 1.46. The SMILES string of the molecule is COC1=CC(Cl)(Cl)C(C(C)=O)C=C1. The number of halogens is 2. The van der Waals surface area contributed by atoms with E-state index in [-0.39, 0.29) is 5.78 Å². The number of ketones is 1. The Kier molecular flexibility index (Phi) is 3.04. The van der Waals surface area contributed by atoms with Crippen molar-refractivity contribution in [2.45, 2.75) is 11.3 Å². The molecule has 0 aromatic carbocycles. The van der Waals surface area contributed by atoms with Gasteiger partial charge in [-0.3, -0.25) is 4.79 Å². The summed E-state index contributed by atoms with van der Waals surface area (Å²) in [5.74, 6) is 0.0184. The second-order valence-electron chi connectivity index (χ2n) is 2.87. The summed E-state index contributed by atoms with van der Waals surface area (Å²) in [5.41, 5.74) is 0. The fourth-order valence-electron chi connectivity index (χ4n) is 1.18. The Labute approximate surface area is 87.2 Å². The van der Waals surface area contributed by atoms with Crippen LogP contribution in [0.1, 0.15) is 6.92 Å². The van der Waals surface area contributed by atoms with Crippen LogP contribution in [-0.4, -0.2) is 17.2 Å². The molecule has 13 heavy (non-hydrogen) atoms. The minimum atomic E-state index is -1.19. The van der Waals surface area contributed by atoms with Gasteiger partial charge < -0.3 is 4.74 Å². The molecule has 0 aliphatic heterocycles. The number of methoxy groups -OCH3 is 1. The first kappa shape index (κ1) is 10.6. The molecule has 0 amide bonds. The highest BCUT2D eigenvalue weighted by molar-refractivity contribution is 6.51. The van der Waals surface area contributed by atoms with E-state index in [4.69, 9.17) is 27.9 Å². The molecule has 72 valence electrons. The van der Waals surface area contributed by atoms with E-state index in [2.05, 4.69) is 0 Å². The molecule has 1 rings (SSSR count). The molecule has 1 unspecified atom stereocenters. The van der Waals surface area contributed by atoms with Gasteiger partial charge in [0.05, 0.1) is 13.0 Å². The van der Waals surface area contributed by atoms with Crippen LogP contribution in [0.15, 0.2) is 24.0 Å². The highest BCUT2D eigenvalue weighted by Gasteiger charge is 2.37. The van der Waals surface area contributed by atoms with Gasteiger partial charge in [-0.05, 0) is 19.1 Å². The van der Waals surface area contributed by atoms with Crippen molar-refractivity contribution in [1.82, 2.24) is 0 Å². The molecule has 0 aromatic rings. The van der Waals surface area contributed by atoms with Crippen LogP contribution in [-0.2, 0) is 9.53 Å². The topological polar surface area (TPSA) is 26.3 Å². The Hall–Kier alpha value is -0.470. The van der Waals surface area contributed by atoms with Crippen LogP contribution in [0, 0.1) is 5.92 Å². The molecular formula is C9H10Cl2O2. The lowest BCUT2D eigenvalue weighted by Gasteiger charge is -2.25. The maximum absolute atomic E-state index is 11.1. The molecule has 0 fully saturated rings. The molecule has 0 heterocycles. The van der Waals surface area contributed by atoms with E-state index in [0.717, 1.165) is 0 Å². The van der Waals surface area contributed by atoms with Gasteiger partial charge in [0, 0.05) is 0 Å². The zero-order valence-corrected chi connectivity index (χ0v) is 8.89. The van der Waals surface area contributed by atoms with Crippen molar-refractivity contribution in [1.29, 1.82) is 0 Å². The lowest BCUT2D eigenvalue weighted by atomic mass is 9.95. The zero-order chi connectivity index (χ0) is 10.1. The lowest BCUT2D eigenvalue weighted by molar-refractivity contribution is -0.119. The number of alkyl halides is 2. The maximum Gasteiger partial charge on any atom is 0.153 e. The van der Waals surface area contributed by atoms with E-state index in [0.29, 0.717) is 5.76 Å². The molecule has 0 N–H and O–H groups in total. The molecule has 0 saturated carbocycles. The van der Waals surface area contributed by atoms with Gasteiger partial charge in [0.25, 0.3) is 0 Å². The largest absolute Gasteiger partial charge is 0.497 e. The van der Waals surface area contributed by atoms with Crippen molar-refractivity contribution >= 4 is 29.0 Å². The number of Topliss-reactive ketones (excluding diaryl/α,β-unsaturated/α-hetero) is 1. The van der Waals surface area contributed by atoms with E-state index in [1.165, 1.54) is 20.1 Å².